The summed E-state index contributed by atoms with van der Waals surface area (Å²) in [5.74, 6) is -1.20. The molecule has 1 heterocycles. The van der Waals surface area contributed by atoms with Crippen LogP contribution in [0.1, 0.15) is 0 Å². The van der Waals surface area contributed by atoms with Crippen molar-refractivity contribution in [3.8, 4) is 16.9 Å². The first-order valence-corrected chi connectivity index (χ1v) is 9.05. The highest BCUT2D eigenvalue weighted by Gasteiger charge is 2.31. The highest BCUT2D eigenvalue weighted by atomic mass is 35.5. The number of hydrogen-bond acceptors (Lipinski definition) is 9. The molecule has 1 unspecified atom stereocenters. The van der Waals surface area contributed by atoms with Crippen LogP contribution in [0.3, 0.4) is 0 Å². The summed E-state index contributed by atoms with van der Waals surface area (Å²) < 4.78 is 5.34. The molecule has 0 saturated carbocycles. The lowest BCUT2D eigenvalue weighted by atomic mass is 10.0. The van der Waals surface area contributed by atoms with Gasteiger partial charge in [-0.15, -0.1) is 5.10 Å². The summed E-state index contributed by atoms with van der Waals surface area (Å²) >= 11 is 12.8. The molecule has 0 aliphatic heterocycles. The standard InChI is InChI=1S/C17H19Cl2N7O3/c18-11-5-9(23-16-24-15(20)25-26-16)6-12(19)14(11)8-1-3-10(4-2-8)29-17(21,22)13(28)7-27/h1-6,13,27-28H,7,21-22H2,(H4,20,23,24,25,26). The van der Waals surface area contributed by atoms with E-state index in [0.717, 1.165) is 0 Å². The molecule has 0 saturated heterocycles. The van der Waals surface area contributed by atoms with Crippen LogP contribution in [0.2, 0.25) is 10.0 Å². The Kier molecular flexibility index (Phi) is 6.13. The minimum absolute atomic E-state index is 0.175. The van der Waals surface area contributed by atoms with Crippen molar-refractivity contribution >= 4 is 40.8 Å². The Bertz CT molecular complexity index is 972. The van der Waals surface area contributed by atoms with Crippen molar-refractivity contribution in [1.29, 1.82) is 0 Å². The molecule has 0 aliphatic rings. The fraction of sp³-hybridized carbons (Fsp3) is 0.176. The van der Waals surface area contributed by atoms with E-state index in [-0.39, 0.29) is 11.9 Å². The largest absolute Gasteiger partial charge is 0.457 e. The summed E-state index contributed by atoms with van der Waals surface area (Å²) in [6.45, 7) is -0.642. The normalized spacial score (nSPS) is 12.6. The van der Waals surface area contributed by atoms with Crippen LogP contribution in [0.5, 0.6) is 5.75 Å². The Morgan fingerprint density at radius 2 is 1.79 bits per heavy atom. The summed E-state index contributed by atoms with van der Waals surface area (Å²) in [5.41, 5.74) is 18.7. The fourth-order valence-corrected chi connectivity index (χ4v) is 3.19. The third-order valence-electron chi connectivity index (χ3n) is 3.93. The van der Waals surface area contributed by atoms with Crippen LogP contribution in [-0.4, -0.2) is 44.0 Å². The number of ether oxygens (including phenoxy) is 1. The molecular formula is C17H19Cl2N7O3. The summed E-state index contributed by atoms with van der Waals surface area (Å²) in [5, 5.41) is 28.7. The van der Waals surface area contributed by atoms with Crippen LogP contribution in [0.4, 0.5) is 17.6 Å². The molecule has 2 aromatic carbocycles. The fourth-order valence-electron chi connectivity index (χ4n) is 2.48. The van der Waals surface area contributed by atoms with Gasteiger partial charge in [-0.05, 0) is 29.8 Å². The third kappa shape index (κ3) is 4.88. The van der Waals surface area contributed by atoms with E-state index in [4.69, 9.17) is 50.2 Å². The minimum Gasteiger partial charge on any atom is -0.457 e. The number of nitrogen functional groups attached to an aromatic ring is 1. The van der Waals surface area contributed by atoms with Crippen LogP contribution in [-0.2, 0) is 0 Å². The van der Waals surface area contributed by atoms with Gasteiger partial charge in [-0.25, -0.2) is 5.10 Å². The molecule has 12 heteroatoms. The lowest BCUT2D eigenvalue weighted by Gasteiger charge is -2.29. The zero-order valence-electron chi connectivity index (χ0n) is 14.9. The van der Waals surface area contributed by atoms with Gasteiger partial charge in [-0.3, -0.25) is 11.5 Å². The number of aliphatic hydroxyl groups excluding tert-OH is 2. The van der Waals surface area contributed by atoms with Crippen molar-refractivity contribution < 1.29 is 14.9 Å². The van der Waals surface area contributed by atoms with E-state index in [9.17, 15) is 5.11 Å². The number of nitrogens with two attached hydrogens (primary N) is 3. The van der Waals surface area contributed by atoms with Gasteiger partial charge in [0.2, 0.25) is 17.7 Å². The van der Waals surface area contributed by atoms with Crippen molar-refractivity contribution in [2.75, 3.05) is 17.7 Å². The van der Waals surface area contributed by atoms with E-state index in [2.05, 4.69) is 20.5 Å². The van der Waals surface area contributed by atoms with Gasteiger partial charge in [-0.2, -0.15) is 4.98 Å². The quantitative estimate of drug-likeness (QED) is 0.267. The Balaban J connectivity index is 1.81. The second-order valence-corrected chi connectivity index (χ2v) is 6.98. The molecule has 154 valence electrons. The summed E-state index contributed by atoms with van der Waals surface area (Å²) in [4.78, 5) is 3.95. The first-order chi connectivity index (χ1) is 13.7. The zero-order valence-corrected chi connectivity index (χ0v) is 16.4. The Morgan fingerprint density at radius 3 is 2.31 bits per heavy atom. The van der Waals surface area contributed by atoms with E-state index in [1.807, 2.05) is 0 Å². The molecule has 0 amide bonds. The predicted octanol–water partition coefficient (Wildman–Crippen LogP) is 1.41. The molecule has 1 atom stereocenters. The second-order valence-electron chi connectivity index (χ2n) is 6.16. The Hall–Kier alpha value is -2.60. The molecule has 0 spiro atoms. The van der Waals surface area contributed by atoms with Crippen molar-refractivity contribution in [1.82, 2.24) is 15.2 Å². The van der Waals surface area contributed by atoms with Crippen LogP contribution in [0.15, 0.2) is 36.4 Å². The lowest BCUT2D eigenvalue weighted by molar-refractivity contribution is -0.0697. The monoisotopic (exact) mass is 439 g/mol. The summed E-state index contributed by atoms with van der Waals surface area (Å²) in [6.07, 6.45) is -1.45. The number of rotatable bonds is 7. The van der Waals surface area contributed by atoms with Crippen molar-refractivity contribution in [3.05, 3.63) is 46.4 Å². The maximum Gasteiger partial charge on any atom is 0.248 e. The molecule has 0 fully saturated rings. The Morgan fingerprint density at radius 1 is 1.17 bits per heavy atom. The van der Waals surface area contributed by atoms with E-state index in [1.54, 1.807) is 36.4 Å². The summed E-state index contributed by atoms with van der Waals surface area (Å²) in [6, 6.07) is 9.91. The second kappa shape index (κ2) is 8.41. The van der Waals surface area contributed by atoms with Gasteiger partial charge in [0.05, 0.1) is 16.7 Å². The number of anilines is 3. The number of hydrogen-bond donors (Lipinski definition) is 7. The number of aromatic nitrogens is 3. The molecule has 0 radical (unpaired) electrons. The molecule has 0 aliphatic carbocycles. The average molecular weight is 440 g/mol. The maximum atomic E-state index is 9.60. The zero-order chi connectivity index (χ0) is 21.2. The minimum atomic E-state index is -1.94. The van der Waals surface area contributed by atoms with Crippen molar-refractivity contribution in [3.63, 3.8) is 0 Å². The predicted molar refractivity (Wildman–Crippen MR) is 111 cm³/mol. The number of H-pyrrole nitrogens is 1. The van der Waals surface area contributed by atoms with Gasteiger partial charge < -0.3 is 26.0 Å². The first kappa shape index (κ1) is 21.1. The number of nitrogens with one attached hydrogen (secondary N) is 2. The van der Waals surface area contributed by atoms with Crippen molar-refractivity contribution in [2.24, 2.45) is 11.5 Å². The topological polar surface area (TPSA) is 181 Å². The molecule has 29 heavy (non-hydrogen) atoms. The van der Waals surface area contributed by atoms with E-state index in [1.165, 1.54) is 0 Å². The van der Waals surface area contributed by atoms with E-state index in [0.29, 0.717) is 32.6 Å². The molecule has 10 N–H and O–H groups in total. The maximum absolute atomic E-state index is 9.60. The van der Waals surface area contributed by atoms with Crippen LogP contribution in [0, 0.1) is 0 Å². The number of halogens is 2. The molecule has 1 aromatic heterocycles. The SMILES string of the molecule is Nc1nc(Nc2cc(Cl)c(-c3ccc(OC(N)(N)C(O)CO)cc3)c(Cl)c2)n[nH]1. The summed E-state index contributed by atoms with van der Waals surface area (Å²) in [7, 11) is 0. The Labute approximate surface area is 175 Å². The molecule has 3 aromatic rings. The smallest absolute Gasteiger partial charge is 0.248 e. The van der Waals surface area contributed by atoms with Gasteiger partial charge >= 0.3 is 0 Å². The number of benzene rings is 2. The number of nitrogens with zero attached hydrogens (tertiary/aromatic N) is 2. The van der Waals surface area contributed by atoms with Crippen LogP contribution < -0.4 is 27.3 Å². The number of aliphatic hydroxyl groups is 2. The van der Waals surface area contributed by atoms with Crippen molar-refractivity contribution in [2.45, 2.75) is 12.0 Å². The highest BCUT2D eigenvalue weighted by Crippen LogP contribution is 2.38. The molecular weight excluding hydrogens is 421 g/mol. The van der Waals surface area contributed by atoms with Crippen LogP contribution >= 0.6 is 23.2 Å². The van der Waals surface area contributed by atoms with Gasteiger partial charge in [-0.1, -0.05) is 35.3 Å². The van der Waals surface area contributed by atoms with Gasteiger partial charge in [0, 0.05) is 11.3 Å². The van der Waals surface area contributed by atoms with Crippen LogP contribution in [0.25, 0.3) is 11.1 Å². The molecule has 3 rings (SSSR count). The van der Waals surface area contributed by atoms with E-state index < -0.39 is 18.6 Å². The third-order valence-corrected chi connectivity index (χ3v) is 4.53. The first-order valence-electron chi connectivity index (χ1n) is 8.29. The van der Waals surface area contributed by atoms with Gasteiger partial charge in [0.1, 0.15) is 11.9 Å². The number of aromatic amines is 1. The highest BCUT2D eigenvalue weighted by molar-refractivity contribution is 6.39. The molecule has 10 nitrogen and oxygen atoms in total. The molecule has 0 bridgehead atoms. The van der Waals surface area contributed by atoms with Gasteiger partial charge in [0.15, 0.2) is 0 Å². The average Bonchev–Trinajstić information content (AvgIpc) is 3.06. The van der Waals surface area contributed by atoms with E-state index >= 15 is 0 Å². The lowest BCUT2D eigenvalue weighted by Crippen LogP contribution is -2.64. The van der Waals surface area contributed by atoms with Gasteiger partial charge in [0.25, 0.3) is 0 Å².